The molecule has 100 valence electrons. The van der Waals surface area contributed by atoms with Crippen molar-refractivity contribution in [3.05, 3.63) is 33.8 Å². The van der Waals surface area contributed by atoms with Gasteiger partial charge in [-0.15, -0.1) is 11.6 Å². The zero-order chi connectivity index (χ0) is 13.1. The molecule has 1 aromatic carbocycles. The predicted molar refractivity (Wildman–Crippen MR) is 72.8 cm³/mol. The van der Waals surface area contributed by atoms with E-state index in [1.165, 1.54) is 12.1 Å². The standard InChI is InChI=1S/C13H15BrClF2N/c14-11-5-6-12(16)10(13(11)17)7-18-9-3-1-8(15)2-4-9/h5-6,8-9,18H,1-4,7H2. The van der Waals surface area contributed by atoms with E-state index in [1.807, 2.05) is 0 Å². The molecule has 0 heterocycles. The number of nitrogens with one attached hydrogen (secondary N) is 1. The molecule has 5 heteroatoms. The van der Waals surface area contributed by atoms with Crippen LogP contribution in [0.2, 0.25) is 0 Å². The highest BCUT2D eigenvalue weighted by atomic mass is 79.9. The number of hydrogen-bond donors (Lipinski definition) is 1. The molecule has 1 aliphatic carbocycles. The van der Waals surface area contributed by atoms with Gasteiger partial charge in [0.2, 0.25) is 0 Å². The van der Waals surface area contributed by atoms with Crippen LogP contribution in [0.15, 0.2) is 16.6 Å². The van der Waals surface area contributed by atoms with Crippen molar-refractivity contribution in [2.45, 2.75) is 43.6 Å². The molecule has 0 saturated heterocycles. The Kier molecular flexibility index (Phi) is 4.98. The predicted octanol–water partition coefficient (Wildman–Crippen LogP) is 4.37. The average molecular weight is 339 g/mol. The SMILES string of the molecule is Fc1ccc(Br)c(F)c1CNC1CCC(Cl)CC1. The van der Waals surface area contributed by atoms with Crippen LogP contribution in [0.5, 0.6) is 0 Å². The Hall–Kier alpha value is -0.190. The maximum Gasteiger partial charge on any atom is 0.144 e. The van der Waals surface area contributed by atoms with Crippen molar-refractivity contribution in [2.75, 3.05) is 0 Å². The van der Waals surface area contributed by atoms with Crippen molar-refractivity contribution < 1.29 is 8.78 Å². The summed E-state index contributed by atoms with van der Waals surface area (Å²) in [6.45, 7) is 0.217. The highest BCUT2D eigenvalue weighted by Crippen LogP contribution is 2.25. The molecule has 1 aliphatic rings. The summed E-state index contributed by atoms with van der Waals surface area (Å²) in [6.07, 6.45) is 3.85. The second kappa shape index (κ2) is 6.31. The monoisotopic (exact) mass is 337 g/mol. The molecule has 1 aromatic rings. The molecule has 1 fully saturated rings. The van der Waals surface area contributed by atoms with Gasteiger partial charge in [-0.1, -0.05) is 0 Å². The number of halogens is 4. The normalized spacial score (nSPS) is 24.2. The summed E-state index contributed by atoms with van der Waals surface area (Å²) in [6, 6.07) is 2.96. The Morgan fingerprint density at radius 2 is 1.89 bits per heavy atom. The van der Waals surface area contributed by atoms with Gasteiger partial charge >= 0.3 is 0 Å². The van der Waals surface area contributed by atoms with Crippen LogP contribution < -0.4 is 5.32 Å². The first-order chi connectivity index (χ1) is 8.58. The Labute approximate surface area is 119 Å². The van der Waals surface area contributed by atoms with Gasteiger partial charge in [0.05, 0.1) is 4.47 Å². The third-order valence-corrected chi connectivity index (χ3v) is 4.41. The van der Waals surface area contributed by atoms with Crippen molar-refractivity contribution in [1.82, 2.24) is 5.32 Å². The van der Waals surface area contributed by atoms with Crippen molar-refractivity contribution in [3.63, 3.8) is 0 Å². The van der Waals surface area contributed by atoms with Crippen molar-refractivity contribution in [3.8, 4) is 0 Å². The number of alkyl halides is 1. The minimum absolute atomic E-state index is 0.0948. The summed E-state index contributed by atoms with van der Waals surface area (Å²) in [5.41, 5.74) is 0.0948. The Bertz CT molecular complexity index is 420. The number of hydrogen-bond acceptors (Lipinski definition) is 1. The molecule has 1 nitrogen and oxygen atoms in total. The molecule has 0 atom stereocenters. The van der Waals surface area contributed by atoms with Gasteiger partial charge in [-0.05, 0) is 53.7 Å². The van der Waals surface area contributed by atoms with E-state index in [-0.39, 0.29) is 17.5 Å². The third kappa shape index (κ3) is 3.43. The minimum Gasteiger partial charge on any atom is -0.310 e. The maximum absolute atomic E-state index is 13.7. The highest BCUT2D eigenvalue weighted by molar-refractivity contribution is 9.10. The van der Waals surface area contributed by atoms with Gasteiger partial charge in [-0.3, -0.25) is 0 Å². The average Bonchev–Trinajstić information content (AvgIpc) is 2.36. The minimum atomic E-state index is -0.520. The van der Waals surface area contributed by atoms with Crippen LogP contribution in [0, 0.1) is 11.6 Å². The highest BCUT2D eigenvalue weighted by Gasteiger charge is 2.20. The summed E-state index contributed by atoms with van der Waals surface area (Å²) in [7, 11) is 0. The molecule has 0 unspecified atom stereocenters. The molecule has 0 aliphatic heterocycles. The molecule has 1 N–H and O–H groups in total. The fourth-order valence-corrected chi connectivity index (χ4v) is 2.86. The van der Waals surface area contributed by atoms with Crippen LogP contribution in [-0.2, 0) is 6.54 Å². The Balaban J connectivity index is 1.96. The second-order valence-corrected chi connectivity index (χ2v) is 6.12. The van der Waals surface area contributed by atoms with Crippen LogP contribution in [0.1, 0.15) is 31.2 Å². The first kappa shape index (κ1) is 14.2. The summed E-state index contributed by atoms with van der Waals surface area (Å²) in [4.78, 5) is 0. The number of benzene rings is 1. The molecule has 2 rings (SSSR count). The van der Waals surface area contributed by atoms with Crippen LogP contribution in [0.4, 0.5) is 8.78 Å². The molecule has 1 saturated carbocycles. The number of rotatable bonds is 3. The molecule has 0 amide bonds. The van der Waals surface area contributed by atoms with E-state index in [4.69, 9.17) is 11.6 Å². The van der Waals surface area contributed by atoms with Crippen molar-refractivity contribution in [2.24, 2.45) is 0 Å². The Morgan fingerprint density at radius 1 is 1.22 bits per heavy atom. The fourth-order valence-electron chi connectivity index (χ4n) is 2.23. The lowest BCUT2D eigenvalue weighted by Crippen LogP contribution is -2.33. The summed E-state index contributed by atoms with van der Waals surface area (Å²) >= 11 is 9.08. The molecule has 0 spiro atoms. The zero-order valence-corrected chi connectivity index (χ0v) is 12.2. The van der Waals surface area contributed by atoms with Gasteiger partial charge in [0.25, 0.3) is 0 Å². The molecule has 0 bridgehead atoms. The third-order valence-electron chi connectivity index (χ3n) is 3.36. The lowest BCUT2D eigenvalue weighted by Gasteiger charge is -2.26. The Morgan fingerprint density at radius 3 is 2.56 bits per heavy atom. The van der Waals surface area contributed by atoms with E-state index in [1.54, 1.807) is 0 Å². The smallest absolute Gasteiger partial charge is 0.144 e. The summed E-state index contributed by atoms with van der Waals surface area (Å²) < 4.78 is 27.6. The summed E-state index contributed by atoms with van der Waals surface area (Å²) in [5.74, 6) is -1.03. The van der Waals surface area contributed by atoms with Crippen LogP contribution in [0.25, 0.3) is 0 Å². The van der Waals surface area contributed by atoms with Gasteiger partial charge in [0.15, 0.2) is 0 Å². The van der Waals surface area contributed by atoms with E-state index in [2.05, 4.69) is 21.2 Å². The van der Waals surface area contributed by atoms with E-state index >= 15 is 0 Å². The van der Waals surface area contributed by atoms with E-state index in [0.29, 0.717) is 10.5 Å². The van der Waals surface area contributed by atoms with Crippen molar-refractivity contribution in [1.29, 1.82) is 0 Å². The van der Waals surface area contributed by atoms with Gasteiger partial charge in [0, 0.05) is 23.5 Å². The molecule has 0 radical (unpaired) electrons. The lowest BCUT2D eigenvalue weighted by atomic mass is 9.95. The quantitative estimate of drug-likeness (QED) is 0.637. The first-order valence-electron chi connectivity index (χ1n) is 6.07. The van der Waals surface area contributed by atoms with Crippen molar-refractivity contribution >= 4 is 27.5 Å². The molecule has 18 heavy (non-hydrogen) atoms. The maximum atomic E-state index is 13.7. The molecular weight excluding hydrogens is 324 g/mol. The topological polar surface area (TPSA) is 12.0 Å². The van der Waals surface area contributed by atoms with Crippen LogP contribution in [-0.4, -0.2) is 11.4 Å². The second-order valence-electron chi connectivity index (χ2n) is 4.65. The van der Waals surface area contributed by atoms with Crippen LogP contribution in [0.3, 0.4) is 0 Å². The van der Waals surface area contributed by atoms with Gasteiger partial charge in [-0.25, -0.2) is 8.78 Å². The first-order valence-corrected chi connectivity index (χ1v) is 7.30. The van der Waals surface area contributed by atoms with E-state index in [9.17, 15) is 8.78 Å². The zero-order valence-electron chi connectivity index (χ0n) is 9.86. The summed E-state index contributed by atoms with van der Waals surface area (Å²) in [5, 5.41) is 3.46. The van der Waals surface area contributed by atoms with E-state index in [0.717, 1.165) is 25.7 Å². The largest absolute Gasteiger partial charge is 0.310 e. The molecular formula is C13H15BrClF2N. The lowest BCUT2D eigenvalue weighted by molar-refractivity contribution is 0.370. The fraction of sp³-hybridized carbons (Fsp3) is 0.538. The van der Waals surface area contributed by atoms with Gasteiger partial charge in [0.1, 0.15) is 11.6 Å². The van der Waals surface area contributed by atoms with Gasteiger partial charge < -0.3 is 5.32 Å². The van der Waals surface area contributed by atoms with Crippen LogP contribution >= 0.6 is 27.5 Å². The van der Waals surface area contributed by atoms with E-state index < -0.39 is 11.6 Å². The van der Waals surface area contributed by atoms with Gasteiger partial charge in [-0.2, -0.15) is 0 Å². The molecule has 0 aromatic heterocycles.